The normalized spacial score (nSPS) is 16.6. The van der Waals surface area contributed by atoms with Gasteiger partial charge in [-0.2, -0.15) is 0 Å². The van der Waals surface area contributed by atoms with Gasteiger partial charge >= 0.3 is 0 Å². The van der Waals surface area contributed by atoms with Crippen molar-refractivity contribution in [3.63, 3.8) is 0 Å². The number of amides is 1. The Labute approximate surface area is 116 Å². The zero-order valence-corrected chi connectivity index (χ0v) is 11.8. The summed E-state index contributed by atoms with van der Waals surface area (Å²) in [6, 6.07) is 10.7. The van der Waals surface area contributed by atoms with Crippen LogP contribution in [0.25, 0.3) is 0 Å². The van der Waals surface area contributed by atoms with Crippen molar-refractivity contribution < 1.29 is 4.79 Å². The van der Waals surface area contributed by atoms with Crippen LogP contribution in [-0.2, 0) is 11.2 Å². The van der Waals surface area contributed by atoms with Crippen LogP contribution in [0.15, 0.2) is 30.3 Å². The van der Waals surface area contributed by atoms with E-state index in [0.717, 1.165) is 38.3 Å². The van der Waals surface area contributed by atoms with Crippen LogP contribution in [0, 0.1) is 5.92 Å². The van der Waals surface area contributed by atoms with E-state index < -0.39 is 0 Å². The lowest BCUT2D eigenvalue weighted by atomic mass is 9.90. The Morgan fingerprint density at radius 1 is 1.26 bits per heavy atom. The fourth-order valence-electron chi connectivity index (χ4n) is 2.75. The molecule has 3 nitrogen and oxygen atoms in total. The highest BCUT2D eigenvalue weighted by Crippen LogP contribution is 2.22. The van der Waals surface area contributed by atoms with Gasteiger partial charge in [0.1, 0.15) is 0 Å². The van der Waals surface area contributed by atoms with Crippen LogP contribution in [0.4, 0.5) is 0 Å². The first kappa shape index (κ1) is 14.1. The molecule has 104 valence electrons. The summed E-state index contributed by atoms with van der Waals surface area (Å²) in [5.41, 5.74) is 1.43. The highest BCUT2D eigenvalue weighted by atomic mass is 16.2. The number of rotatable bonds is 5. The van der Waals surface area contributed by atoms with Crippen molar-refractivity contribution >= 4 is 5.91 Å². The maximum atomic E-state index is 11.7. The number of aryl methyl sites for hydroxylation is 1. The van der Waals surface area contributed by atoms with Crippen molar-refractivity contribution in [3.05, 3.63) is 35.9 Å². The Bertz CT molecular complexity index is 383. The van der Waals surface area contributed by atoms with Gasteiger partial charge in [0.2, 0.25) is 5.91 Å². The number of likely N-dealkylation sites (tertiary alicyclic amines) is 1. The second-order valence-electron chi connectivity index (χ2n) is 5.38. The molecule has 1 aromatic rings. The van der Waals surface area contributed by atoms with E-state index in [9.17, 15) is 4.79 Å². The molecule has 0 saturated carbocycles. The van der Waals surface area contributed by atoms with Crippen LogP contribution in [-0.4, -0.2) is 37.5 Å². The van der Waals surface area contributed by atoms with Gasteiger partial charge in [-0.05, 0) is 44.2 Å². The molecule has 1 aliphatic heterocycles. The van der Waals surface area contributed by atoms with Crippen molar-refractivity contribution in [1.29, 1.82) is 0 Å². The maximum absolute atomic E-state index is 11.7. The van der Waals surface area contributed by atoms with Gasteiger partial charge in [-0.1, -0.05) is 30.3 Å². The zero-order valence-electron chi connectivity index (χ0n) is 11.8. The Balaban J connectivity index is 1.70. The molecular weight excluding hydrogens is 236 g/mol. The third-order valence-corrected chi connectivity index (χ3v) is 3.98. The molecule has 1 heterocycles. The van der Waals surface area contributed by atoms with Crippen LogP contribution < -0.4 is 5.32 Å². The number of nitrogens with one attached hydrogen (secondary N) is 1. The van der Waals surface area contributed by atoms with E-state index in [4.69, 9.17) is 0 Å². The number of likely N-dealkylation sites (N-methyl/N-ethyl adjacent to an activating group) is 1. The molecule has 0 bridgehead atoms. The first-order valence-corrected chi connectivity index (χ1v) is 7.26. The molecule has 1 N–H and O–H groups in total. The van der Waals surface area contributed by atoms with E-state index in [1.807, 2.05) is 11.9 Å². The van der Waals surface area contributed by atoms with Crippen LogP contribution in [0.1, 0.15) is 24.8 Å². The van der Waals surface area contributed by atoms with E-state index in [1.54, 1.807) is 0 Å². The molecule has 0 radical (unpaired) electrons. The highest BCUT2D eigenvalue weighted by molar-refractivity contribution is 5.78. The van der Waals surface area contributed by atoms with Gasteiger partial charge in [-0.3, -0.25) is 4.79 Å². The fraction of sp³-hybridized carbons (Fsp3) is 0.562. The topological polar surface area (TPSA) is 32.3 Å². The summed E-state index contributed by atoms with van der Waals surface area (Å²) in [7, 11) is 1.82. The minimum absolute atomic E-state index is 0.240. The van der Waals surface area contributed by atoms with E-state index in [1.165, 1.54) is 12.0 Å². The SMILES string of the molecule is CNCC(=O)N1CCC(CCc2ccccc2)CC1. The highest BCUT2D eigenvalue weighted by Gasteiger charge is 2.21. The molecule has 19 heavy (non-hydrogen) atoms. The van der Waals surface area contributed by atoms with Crippen LogP contribution in [0.3, 0.4) is 0 Å². The predicted molar refractivity (Wildman–Crippen MR) is 78.0 cm³/mol. The molecule has 0 aromatic heterocycles. The lowest BCUT2D eigenvalue weighted by Gasteiger charge is -2.32. The molecule has 0 spiro atoms. The molecular formula is C16H24N2O. The molecule has 3 heteroatoms. The molecule has 0 unspecified atom stereocenters. The smallest absolute Gasteiger partial charge is 0.236 e. The number of nitrogens with zero attached hydrogens (tertiary/aromatic N) is 1. The Hall–Kier alpha value is -1.35. The first-order valence-electron chi connectivity index (χ1n) is 7.26. The van der Waals surface area contributed by atoms with Gasteiger partial charge in [0.05, 0.1) is 6.54 Å². The van der Waals surface area contributed by atoms with E-state index in [-0.39, 0.29) is 5.91 Å². The maximum Gasteiger partial charge on any atom is 0.236 e. The summed E-state index contributed by atoms with van der Waals surface area (Å²) in [4.78, 5) is 13.7. The van der Waals surface area contributed by atoms with Crippen molar-refractivity contribution in [2.45, 2.75) is 25.7 Å². The quantitative estimate of drug-likeness (QED) is 0.879. The van der Waals surface area contributed by atoms with E-state index >= 15 is 0 Å². The molecule has 1 saturated heterocycles. The third kappa shape index (κ3) is 4.35. The first-order chi connectivity index (χ1) is 9.29. The lowest BCUT2D eigenvalue weighted by molar-refractivity contribution is -0.131. The number of hydrogen-bond acceptors (Lipinski definition) is 2. The van der Waals surface area contributed by atoms with Gasteiger partial charge in [0, 0.05) is 13.1 Å². The average molecular weight is 260 g/mol. The van der Waals surface area contributed by atoms with Gasteiger partial charge in [0.15, 0.2) is 0 Å². The summed E-state index contributed by atoms with van der Waals surface area (Å²) in [5, 5.41) is 2.93. The van der Waals surface area contributed by atoms with Gasteiger partial charge < -0.3 is 10.2 Å². The summed E-state index contributed by atoms with van der Waals surface area (Å²) >= 11 is 0. The fourth-order valence-corrected chi connectivity index (χ4v) is 2.75. The monoisotopic (exact) mass is 260 g/mol. The molecule has 1 fully saturated rings. The van der Waals surface area contributed by atoms with Gasteiger partial charge in [0.25, 0.3) is 0 Å². The van der Waals surface area contributed by atoms with Crippen molar-refractivity contribution in [2.24, 2.45) is 5.92 Å². The van der Waals surface area contributed by atoms with Gasteiger partial charge in [-0.15, -0.1) is 0 Å². The number of benzene rings is 1. The molecule has 2 rings (SSSR count). The number of piperidine rings is 1. The number of carbonyl (C=O) groups is 1. The van der Waals surface area contributed by atoms with E-state index in [2.05, 4.69) is 35.6 Å². The van der Waals surface area contributed by atoms with Crippen LogP contribution in [0.5, 0.6) is 0 Å². The molecule has 0 atom stereocenters. The standard InChI is InChI=1S/C16H24N2O/c1-17-13-16(19)18-11-9-15(10-12-18)8-7-14-5-3-2-4-6-14/h2-6,15,17H,7-13H2,1H3. The largest absolute Gasteiger partial charge is 0.342 e. The molecule has 1 amide bonds. The Morgan fingerprint density at radius 3 is 2.58 bits per heavy atom. The van der Waals surface area contributed by atoms with Crippen molar-refractivity contribution in [1.82, 2.24) is 10.2 Å². The zero-order chi connectivity index (χ0) is 13.5. The van der Waals surface area contributed by atoms with E-state index in [0.29, 0.717) is 6.54 Å². The Morgan fingerprint density at radius 2 is 1.95 bits per heavy atom. The van der Waals surface area contributed by atoms with Crippen LogP contribution >= 0.6 is 0 Å². The lowest BCUT2D eigenvalue weighted by Crippen LogP contribution is -2.42. The van der Waals surface area contributed by atoms with Crippen molar-refractivity contribution in [3.8, 4) is 0 Å². The Kier molecular flexibility index (Phi) is 5.40. The molecule has 0 aliphatic carbocycles. The minimum atomic E-state index is 0.240. The van der Waals surface area contributed by atoms with Gasteiger partial charge in [-0.25, -0.2) is 0 Å². The number of carbonyl (C=O) groups excluding carboxylic acids is 1. The molecule has 1 aliphatic rings. The molecule has 1 aromatic carbocycles. The summed E-state index contributed by atoms with van der Waals surface area (Å²) in [6.45, 7) is 2.33. The predicted octanol–water partition coefficient (Wildman–Crippen LogP) is 2.08. The number of hydrogen-bond donors (Lipinski definition) is 1. The second kappa shape index (κ2) is 7.29. The average Bonchev–Trinajstić information content (AvgIpc) is 2.47. The van der Waals surface area contributed by atoms with Crippen LogP contribution in [0.2, 0.25) is 0 Å². The summed E-state index contributed by atoms with van der Waals surface area (Å²) < 4.78 is 0. The second-order valence-corrected chi connectivity index (χ2v) is 5.38. The third-order valence-electron chi connectivity index (χ3n) is 3.98. The summed E-state index contributed by atoms with van der Waals surface area (Å²) in [5.74, 6) is 1.02. The van der Waals surface area contributed by atoms with Crippen molar-refractivity contribution in [2.75, 3.05) is 26.7 Å². The minimum Gasteiger partial charge on any atom is -0.342 e. The summed E-state index contributed by atoms with van der Waals surface area (Å²) in [6.07, 6.45) is 4.72.